The third kappa shape index (κ3) is 3.07. The molecule has 2 N–H and O–H groups in total. The lowest BCUT2D eigenvalue weighted by molar-refractivity contribution is 0.0916. The molecule has 1 fully saturated rings. The summed E-state index contributed by atoms with van der Waals surface area (Å²) < 4.78 is 5.06. The van der Waals surface area contributed by atoms with E-state index in [2.05, 4.69) is 4.90 Å². The molecule has 0 radical (unpaired) electrons. The molecule has 1 atom stereocenters. The van der Waals surface area contributed by atoms with Crippen LogP contribution < -0.4 is 5.73 Å². The van der Waals surface area contributed by atoms with Crippen molar-refractivity contribution in [2.24, 2.45) is 11.7 Å². The molecule has 1 aromatic rings. The van der Waals surface area contributed by atoms with Gasteiger partial charge in [0.05, 0.1) is 12.8 Å². The van der Waals surface area contributed by atoms with E-state index in [1.165, 1.54) is 6.26 Å². The zero-order valence-corrected chi connectivity index (χ0v) is 9.91. The first kappa shape index (κ1) is 13.2. The Balaban J connectivity index is 0.00000128. The molecular weight excluding hydrogens is 228 g/mol. The Morgan fingerprint density at radius 1 is 1.62 bits per heavy atom. The van der Waals surface area contributed by atoms with Gasteiger partial charge in [0, 0.05) is 6.54 Å². The normalized spacial score (nSPS) is 20.7. The molecule has 0 bridgehead atoms. The summed E-state index contributed by atoms with van der Waals surface area (Å²) in [7, 11) is 0. The van der Waals surface area contributed by atoms with Crippen LogP contribution in [0.1, 0.15) is 17.0 Å². The first-order chi connectivity index (χ1) is 7.29. The van der Waals surface area contributed by atoms with E-state index in [0.29, 0.717) is 24.8 Å². The monoisotopic (exact) mass is 244 g/mol. The van der Waals surface area contributed by atoms with Gasteiger partial charge in [-0.05, 0) is 37.6 Å². The van der Waals surface area contributed by atoms with Crippen LogP contribution in [0.15, 0.2) is 22.8 Å². The van der Waals surface area contributed by atoms with Gasteiger partial charge in [-0.2, -0.15) is 0 Å². The van der Waals surface area contributed by atoms with Gasteiger partial charge in [0.25, 0.3) is 0 Å². The fourth-order valence-electron chi connectivity index (χ4n) is 1.97. The summed E-state index contributed by atoms with van der Waals surface area (Å²) in [6.45, 7) is 3.06. The van der Waals surface area contributed by atoms with E-state index in [1.54, 1.807) is 12.1 Å². The van der Waals surface area contributed by atoms with Crippen LogP contribution in [0.25, 0.3) is 0 Å². The molecule has 0 aliphatic carbocycles. The number of hydrogen-bond acceptors (Lipinski definition) is 4. The Morgan fingerprint density at radius 3 is 3.00 bits per heavy atom. The number of nitrogens with two attached hydrogens (primary N) is 1. The van der Waals surface area contributed by atoms with E-state index in [-0.39, 0.29) is 18.2 Å². The van der Waals surface area contributed by atoms with Crippen LogP contribution in [0.3, 0.4) is 0 Å². The predicted molar refractivity (Wildman–Crippen MR) is 63.9 cm³/mol. The summed E-state index contributed by atoms with van der Waals surface area (Å²) in [5.74, 6) is 1.05. The molecule has 1 aromatic heterocycles. The van der Waals surface area contributed by atoms with Gasteiger partial charge in [0.15, 0.2) is 5.76 Å². The average Bonchev–Trinajstić information content (AvgIpc) is 2.87. The highest BCUT2D eigenvalue weighted by atomic mass is 35.5. The topological polar surface area (TPSA) is 59.5 Å². The highest BCUT2D eigenvalue weighted by Gasteiger charge is 2.23. The fourth-order valence-corrected chi connectivity index (χ4v) is 1.97. The van der Waals surface area contributed by atoms with Gasteiger partial charge in [-0.25, -0.2) is 0 Å². The Hall–Kier alpha value is -0.840. The number of ketones is 1. The number of hydrogen-bond donors (Lipinski definition) is 1. The molecule has 4 nitrogen and oxygen atoms in total. The van der Waals surface area contributed by atoms with Crippen LogP contribution >= 0.6 is 12.4 Å². The van der Waals surface area contributed by atoms with E-state index in [9.17, 15) is 4.79 Å². The summed E-state index contributed by atoms with van der Waals surface area (Å²) >= 11 is 0. The Bertz CT molecular complexity index is 327. The second-order valence-electron chi connectivity index (χ2n) is 4.03. The van der Waals surface area contributed by atoms with Crippen LogP contribution in [0.2, 0.25) is 0 Å². The Morgan fingerprint density at radius 2 is 2.44 bits per heavy atom. The summed E-state index contributed by atoms with van der Waals surface area (Å²) in [4.78, 5) is 13.8. The van der Waals surface area contributed by atoms with E-state index in [1.807, 2.05) is 0 Å². The molecule has 2 heterocycles. The lowest BCUT2D eigenvalue weighted by Crippen LogP contribution is -2.28. The van der Waals surface area contributed by atoms with Crippen molar-refractivity contribution in [1.82, 2.24) is 4.90 Å². The molecule has 1 aliphatic heterocycles. The minimum absolute atomic E-state index is 0. The maximum atomic E-state index is 11.7. The molecule has 16 heavy (non-hydrogen) atoms. The van der Waals surface area contributed by atoms with Gasteiger partial charge in [-0.3, -0.25) is 9.69 Å². The van der Waals surface area contributed by atoms with Gasteiger partial charge in [-0.15, -0.1) is 12.4 Å². The van der Waals surface area contributed by atoms with Crippen molar-refractivity contribution in [1.29, 1.82) is 0 Å². The molecule has 2 rings (SSSR count). The molecule has 1 saturated heterocycles. The van der Waals surface area contributed by atoms with Crippen LogP contribution in [0.5, 0.6) is 0 Å². The Kier molecular flexibility index (Phi) is 4.99. The maximum absolute atomic E-state index is 11.7. The van der Waals surface area contributed by atoms with Gasteiger partial charge < -0.3 is 10.2 Å². The molecule has 1 unspecified atom stereocenters. The maximum Gasteiger partial charge on any atom is 0.211 e. The molecule has 90 valence electrons. The van der Waals surface area contributed by atoms with E-state index >= 15 is 0 Å². The van der Waals surface area contributed by atoms with Gasteiger partial charge in [-0.1, -0.05) is 0 Å². The third-order valence-electron chi connectivity index (χ3n) is 2.87. The standard InChI is InChI=1S/C11H16N2O2.ClH/c12-6-9-3-4-13(7-9)8-10(14)11-2-1-5-15-11;/h1-2,5,9H,3-4,6-8,12H2;1H. The molecule has 5 heteroatoms. The quantitative estimate of drug-likeness (QED) is 0.808. The second-order valence-corrected chi connectivity index (χ2v) is 4.03. The number of Topliss-reactive ketones (excluding diaryl/α,β-unsaturated/α-hetero) is 1. The highest BCUT2D eigenvalue weighted by molar-refractivity contribution is 5.95. The van der Waals surface area contributed by atoms with Crippen LogP contribution in [-0.4, -0.2) is 36.9 Å². The summed E-state index contributed by atoms with van der Waals surface area (Å²) in [5, 5.41) is 0. The van der Waals surface area contributed by atoms with Gasteiger partial charge in [0.2, 0.25) is 5.78 Å². The van der Waals surface area contributed by atoms with Crippen molar-refractivity contribution in [3.63, 3.8) is 0 Å². The summed E-state index contributed by atoms with van der Waals surface area (Å²) in [5.41, 5.74) is 5.59. The lowest BCUT2D eigenvalue weighted by Gasteiger charge is -2.13. The molecule has 1 aliphatic rings. The molecule has 0 aromatic carbocycles. The van der Waals surface area contributed by atoms with Crippen molar-refractivity contribution < 1.29 is 9.21 Å². The molecular formula is C11H17ClN2O2. The number of carbonyl (C=O) groups is 1. The van der Waals surface area contributed by atoms with Crippen LogP contribution in [-0.2, 0) is 0 Å². The largest absolute Gasteiger partial charge is 0.461 e. The number of carbonyl (C=O) groups excluding carboxylic acids is 1. The van der Waals surface area contributed by atoms with Crippen molar-refractivity contribution in [3.8, 4) is 0 Å². The number of halogens is 1. The van der Waals surface area contributed by atoms with E-state index < -0.39 is 0 Å². The van der Waals surface area contributed by atoms with Crippen LogP contribution in [0, 0.1) is 5.92 Å². The zero-order chi connectivity index (χ0) is 10.7. The van der Waals surface area contributed by atoms with Crippen molar-refractivity contribution >= 4 is 18.2 Å². The average molecular weight is 245 g/mol. The van der Waals surface area contributed by atoms with E-state index in [0.717, 1.165) is 19.5 Å². The van der Waals surface area contributed by atoms with Crippen LogP contribution in [0.4, 0.5) is 0 Å². The van der Waals surface area contributed by atoms with E-state index in [4.69, 9.17) is 10.2 Å². The minimum atomic E-state index is 0. The number of furan rings is 1. The highest BCUT2D eigenvalue weighted by Crippen LogP contribution is 2.15. The Labute approximate surface area is 101 Å². The minimum Gasteiger partial charge on any atom is -0.461 e. The second kappa shape index (κ2) is 6.03. The van der Waals surface area contributed by atoms with Gasteiger partial charge in [0.1, 0.15) is 0 Å². The molecule has 0 amide bonds. The number of nitrogens with zero attached hydrogens (tertiary/aromatic N) is 1. The molecule has 0 saturated carbocycles. The van der Waals surface area contributed by atoms with Gasteiger partial charge >= 0.3 is 0 Å². The first-order valence-corrected chi connectivity index (χ1v) is 5.28. The fraction of sp³-hybridized carbons (Fsp3) is 0.545. The number of likely N-dealkylation sites (tertiary alicyclic amines) is 1. The van der Waals surface area contributed by atoms with Crippen molar-refractivity contribution in [2.75, 3.05) is 26.2 Å². The SMILES string of the molecule is Cl.NCC1CCN(CC(=O)c2ccco2)C1. The van der Waals surface area contributed by atoms with Crippen molar-refractivity contribution in [3.05, 3.63) is 24.2 Å². The predicted octanol–water partition coefficient (Wildman–Crippen LogP) is 1.16. The smallest absolute Gasteiger partial charge is 0.211 e. The summed E-state index contributed by atoms with van der Waals surface area (Å²) in [6.07, 6.45) is 2.63. The summed E-state index contributed by atoms with van der Waals surface area (Å²) in [6, 6.07) is 3.44. The third-order valence-corrected chi connectivity index (χ3v) is 2.87. The lowest BCUT2D eigenvalue weighted by atomic mass is 10.1. The molecule has 0 spiro atoms. The first-order valence-electron chi connectivity index (χ1n) is 5.28. The number of rotatable bonds is 4. The zero-order valence-electron chi connectivity index (χ0n) is 9.09. The van der Waals surface area contributed by atoms with Crippen molar-refractivity contribution in [2.45, 2.75) is 6.42 Å².